The maximum Gasteiger partial charge on any atom is 0.362 e. The highest BCUT2D eigenvalue weighted by Crippen LogP contribution is 2.15. The molecule has 2 unspecified atom stereocenters. The van der Waals surface area contributed by atoms with Gasteiger partial charge in [-0.25, -0.2) is 4.79 Å². The summed E-state index contributed by atoms with van der Waals surface area (Å²) < 4.78 is 17.1. The number of likely N-dealkylation sites (N-methyl/N-ethyl adjacent to an activating group) is 1. The van der Waals surface area contributed by atoms with Gasteiger partial charge in [-0.2, -0.15) is 0 Å². The van der Waals surface area contributed by atoms with E-state index in [4.69, 9.17) is 14.2 Å². The number of quaternary nitrogens is 1. The third-order valence-corrected chi connectivity index (χ3v) is 9.13. The van der Waals surface area contributed by atoms with Gasteiger partial charge in [0.05, 0.1) is 34.4 Å². The van der Waals surface area contributed by atoms with Crippen LogP contribution in [0.3, 0.4) is 0 Å². The largest absolute Gasteiger partial charge is 0.477 e. The first-order valence-corrected chi connectivity index (χ1v) is 20.4. The molecule has 0 amide bonds. The first-order chi connectivity index (χ1) is 24.1. The molecule has 0 aromatic rings. The van der Waals surface area contributed by atoms with Crippen LogP contribution in [0.25, 0.3) is 0 Å². The quantitative estimate of drug-likeness (QED) is 0.0299. The maximum absolute atomic E-state index is 12.6. The van der Waals surface area contributed by atoms with Crippen molar-refractivity contribution in [3.63, 3.8) is 0 Å². The molecule has 0 aliphatic heterocycles. The van der Waals surface area contributed by atoms with Crippen LogP contribution in [-0.2, 0) is 28.6 Å². The van der Waals surface area contributed by atoms with Gasteiger partial charge >= 0.3 is 17.9 Å². The average molecular weight is 709 g/mol. The van der Waals surface area contributed by atoms with Crippen molar-refractivity contribution in [2.75, 3.05) is 41.0 Å². The zero-order valence-electron chi connectivity index (χ0n) is 33.1. The van der Waals surface area contributed by atoms with Gasteiger partial charge in [0.25, 0.3) is 0 Å². The van der Waals surface area contributed by atoms with Crippen LogP contribution < -0.4 is 0 Å². The molecule has 1 N–H and O–H groups in total. The zero-order valence-corrected chi connectivity index (χ0v) is 33.1. The number of nitrogens with zero attached hydrogens (tertiary/aromatic N) is 1. The molecule has 292 valence electrons. The Balaban J connectivity index is 4.24. The van der Waals surface area contributed by atoms with E-state index in [-0.39, 0.29) is 42.7 Å². The second kappa shape index (κ2) is 33.9. The number of rotatable bonds is 36. The molecule has 2 atom stereocenters. The molecule has 0 radical (unpaired) electrons. The number of esters is 2. The van der Waals surface area contributed by atoms with E-state index < -0.39 is 18.1 Å². The first-order valence-electron chi connectivity index (χ1n) is 20.4. The second-order valence-corrected chi connectivity index (χ2v) is 14.9. The minimum atomic E-state index is -0.881. The summed E-state index contributed by atoms with van der Waals surface area (Å²) in [5.41, 5.74) is 0. The summed E-state index contributed by atoms with van der Waals surface area (Å²) in [7, 11) is 5.50. The lowest BCUT2D eigenvalue weighted by molar-refractivity contribution is -0.887. The Bertz CT molecular complexity index is 880. The van der Waals surface area contributed by atoms with E-state index in [9.17, 15) is 19.5 Å². The van der Waals surface area contributed by atoms with Crippen LogP contribution >= 0.6 is 0 Å². The van der Waals surface area contributed by atoms with Gasteiger partial charge in [-0.05, 0) is 25.7 Å². The van der Waals surface area contributed by atoms with E-state index >= 15 is 0 Å². The fourth-order valence-electron chi connectivity index (χ4n) is 5.98. The number of hydrogen-bond acceptors (Lipinski definition) is 6. The monoisotopic (exact) mass is 709 g/mol. The van der Waals surface area contributed by atoms with Crippen LogP contribution in [0.15, 0.2) is 24.3 Å². The van der Waals surface area contributed by atoms with Gasteiger partial charge in [0.15, 0.2) is 12.1 Å². The first kappa shape index (κ1) is 47.8. The summed E-state index contributed by atoms with van der Waals surface area (Å²) in [6.07, 6.45) is 35.5. The molecule has 0 rings (SSSR count). The van der Waals surface area contributed by atoms with Gasteiger partial charge < -0.3 is 23.8 Å². The standard InChI is InChI=1S/C42H77NO7/c1-6-8-10-12-14-15-16-17-18-19-20-21-22-23-24-25-27-29-31-33-41(45)50-38(36-48-35-34-39(42(46)47)43(3,4)5)37-49-40(44)32-30-28-26-13-11-9-7-2/h9,11,26,28,38-39H,6-8,10,12-25,27,29-37H2,1-5H3/p+1/b11-9+,28-26+. The van der Waals surface area contributed by atoms with Gasteiger partial charge in [0, 0.05) is 19.3 Å². The third-order valence-electron chi connectivity index (χ3n) is 9.13. The third kappa shape index (κ3) is 31.8. The Morgan fingerprint density at radius 3 is 1.60 bits per heavy atom. The molecule has 0 spiro atoms. The lowest BCUT2D eigenvalue weighted by Gasteiger charge is -2.31. The van der Waals surface area contributed by atoms with E-state index in [1.165, 1.54) is 103 Å². The molecule has 0 aliphatic rings. The molecule has 50 heavy (non-hydrogen) atoms. The highest BCUT2D eigenvalue weighted by Gasteiger charge is 2.31. The molecule has 0 bridgehead atoms. The van der Waals surface area contributed by atoms with Crippen molar-refractivity contribution in [1.29, 1.82) is 0 Å². The molecule has 0 saturated carbocycles. The number of carboxylic acid groups (broad SMARTS) is 1. The van der Waals surface area contributed by atoms with Gasteiger partial charge in [0.1, 0.15) is 6.61 Å². The summed E-state index contributed by atoms with van der Waals surface area (Å²) in [5.74, 6) is -1.55. The van der Waals surface area contributed by atoms with Crippen molar-refractivity contribution >= 4 is 17.9 Å². The SMILES string of the molecule is CC/C=C/C/C=C/CCC(=O)OCC(COCCC(C(=O)O)[N+](C)(C)C)OC(=O)CCCCCCCCCCCCCCCCCCCCC. The molecule has 8 heteroatoms. The van der Waals surface area contributed by atoms with E-state index in [0.717, 1.165) is 32.1 Å². The number of carbonyl (C=O) groups is 3. The molecule has 0 aliphatic carbocycles. The predicted molar refractivity (Wildman–Crippen MR) is 206 cm³/mol. The van der Waals surface area contributed by atoms with Gasteiger partial charge in [0.2, 0.25) is 0 Å². The van der Waals surface area contributed by atoms with E-state index in [1.807, 2.05) is 33.3 Å². The van der Waals surface area contributed by atoms with Gasteiger partial charge in [-0.1, -0.05) is 154 Å². The predicted octanol–water partition coefficient (Wildman–Crippen LogP) is 10.5. The lowest BCUT2D eigenvalue weighted by Crippen LogP contribution is -2.50. The molecule has 0 saturated heterocycles. The van der Waals surface area contributed by atoms with Crippen molar-refractivity contribution in [1.82, 2.24) is 0 Å². The van der Waals surface area contributed by atoms with E-state index in [2.05, 4.69) is 26.0 Å². The molecule has 0 aromatic carbocycles. The van der Waals surface area contributed by atoms with Crippen LogP contribution in [0.2, 0.25) is 0 Å². The Labute approximate surface area is 307 Å². The Kier molecular flexibility index (Phi) is 32.4. The van der Waals surface area contributed by atoms with Crippen molar-refractivity contribution in [2.24, 2.45) is 0 Å². The molecule has 0 aromatic heterocycles. The van der Waals surface area contributed by atoms with Crippen molar-refractivity contribution in [2.45, 2.75) is 187 Å². The number of allylic oxidation sites excluding steroid dienone is 4. The summed E-state index contributed by atoms with van der Waals surface area (Å²) in [6, 6.07) is -0.617. The minimum Gasteiger partial charge on any atom is -0.477 e. The summed E-state index contributed by atoms with van der Waals surface area (Å²) in [5, 5.41) is 9.57. The van der Waals surface area contributed by atoms with Crippen LogP contribution in [0.5, 0.6) is 0 Å². The average Bonchev–Trinajstić information content (AvgIpc) is 3.06. The molecule has 8 nitrogen and oxygen atoms in total. The number of ether oxygens (including phenoxy) is 3. The number of carbonyl (C=O) groups excluding carboxylic acids is 2. The van der Waals surface area contributed by atoms with Crippen molar-refractivity contribution in [3.8, 4) is 0 Å². The van der Waals surface area contributed by atoms with Gasteiger partial charge in [-0.3, -0.25) is 9.59 Å². The Morgan fingerprint density at radius 2 is 1.12 bits per heavy atom. The second-order valence-electron chi connectivity index (χ2n) is 14.9. The lowest BCUT2D eigenvalue weighted by atomic mass is 10.0. The highest BCUT2D eigenvalue weighted by molar-refractivity contribution is 5.72. The minimum absolute atomic E-state index is 0.0470. The summed E-state index contributed by atoms with van der Waals surface area (Å²) in [4.78, 5) is 36.6. The fourth-order valence-corrected chi connectivity index (χ4v) is 5.98. The van der Waals surface area contributed by atoms with Crippen LogP contribution in [0, 0.1) is 0 Å². The molecular weight excluding hydrogens is 630 g/mol. The van der Waals surface area contributed by atoms with Crippen molar-refractivity contribution in [3.05, 3.63) is 24.3 Å². The fraction of sp³-hybridized carbons (Fsp3) is 0.833. The molecular formula is C42H78NO7+. The number of unbranched alkanes of at least 4 members (excludes halogenated alkanes) is 18. The number of aliphatic carboxylic acids is 1. The smallest absolute Gasteiger partial charge is 0.362 e. The summed E-state index contributed by atoms with van der Waals surface area (Å²) in [6.45, 7) is 4.53. The summed E-state index contributed by atoms with van der Waals surface area (Å²) >= 11 is 0. The topological polar surface area (TPSA) is 99.1 Å². The Hall–Kier alpha value is -2.19. The highest BCUT2D eigenvalue weighted by atomic mass is 16.6. The number of carboxylic acids is 1. The van der Waals surface area contributed by atoms with Crippen LogP contribution in [0.4, 0.5) is 0 Å². The van der Waals surface area contributed by atoms with Crippen LogP contribution in [0.1, 0.15) is 174 Å². The van der Waals surface area contributed by atoms with E-state index in [1.54, 1.807) is 0 Å². The van der Waals surface area contributed by atoms with Crippen LogP contribution in [-0.4, -0.2) is 80.6 Å². The van der Waals surface area contributed by atoms with Crippen molar-refractivity contribution < 1.29 is 38.2 Å². The van der Waals surface area contributed by atoms with E-state index in [0.29, 0.717) is 19.3 Å². The normalized spacial score (nSPS) is 13.2. The Morgan fingerprint density at radius 1 is 0.620 bits per heavy atom. The van der Waals surface area contributed by atoms with Gasteiger partial charge in [-0.15, -0.1) is 0 Å². The zero-order chi connectivity index (χ0) is 37.1. The maximum atomic E-state index is 12.6. The molecule has 0 heterocycles. The number of hydrogen-bond donors (Lipinski definition) is 1. The molecule has 0 fully saturated rings.